The largest absolute Gasteiger partial charge is 0.384 e. The molecule has 1 N–H and O–H groups in total. The zero-order chi connectivity index (χ0) is 15.9. The van der Waals surface area contributed by atoms with Crippen LogP contribution in [0.1, 0.15) is 29.6 Å². The molecule has 0 radical (unpaired) electrons. The van der Waals surface area contributed by atoms with Crippen LogP contribution in [0.3, 0.4) is 0 Å². The SMILES string of the molecule is COCCC(=O)N1CCC(NC(=O)c2cncc(Br)c2)CC1. The van der Waals surface area contributed by atoms with Gasteiger partial charge in [0.2, 0.25) is 5.91 Å². The molecule has 0 aromatic carbocycles. The third-order valence-electron chi connectivity index (χ3n) is 3.67. The Kier molecular flexibility index (Phi) is 6.33. The molecule has 1 aromatic heterocycles. The minimum absolute atomic E-state index is 0.0953. The van der Waals surface area contributed by atoms with Gasteiger partial charge in [0, 0.05) is 43.1 Å². The molecule has 1 aliphatic rings. The van der Waals surface area contributed by atoms with E-state index in [1.165, 1.54) is 0 Å². The molecule has 0 bridgehead atoms. The van der Waals surface area contributed by atoms with E-state index in [-0.39, 0.29) is 17.9 Å². The smallest absolute Gasteiger partial charge is 0.253 e. The van der Waals surface area contributed by atoms with Gasteiger partial charge in [-0.1, -0.05) is 0 Å². The molecule has 0 spiro atoms. The first-order valence-electron chi connectivity index (χ1n) is 7.28. The van der Waals surface area contributed by atoms with Gasteiger partial charge in [0.05, 0.1) is 18.6 Å². The van der Waals surface area contributed by atoms with Crippen LogP contribution in [0.5, 0.6) is 0 Å². The summed E-state index contributed by atoms with van der Waals surface area (Å²) in [6.45, 7) is 1.79. The van der Waals surface area contributed by atoms with Crippen LogP contribution in [-0.2, 0) is 9.53 Å². The van der Waals surface area contributed by atoms with Crippen LogP contribution >= 0.6 is 15.9 Å². The molecule has 1 aliphatic heterocycles. The van der Waals surface area contributed by atoms with Gasteiger partial charge in [-0.15, -0.1) is 0 Å². The maximum atomic E-state index is 12.2. The number of carbonyl (C=O) groups is 2. The highest BCUT2D eigenvalue weighted by atomic mass is 79.9. The van der Waals surface area contributed by atoms with Crippen LogP contribution in [0.4, 0.5) is 0 Å². The normalized spacial score (nSPS) is 15.6. The number of aromatic nitrogens is 1. The van der Waals surface area contributed by atoms with Crippen molar-refractivity contribution in [3.8, 4) is 0 Å². The summed E-state index contributed by atoms with van der Waals surface area (Å²) < 4.78 is 5.70. The molecule has 120 valence electrons. The number of hydrogen-bond acceptors (Lipinski definition) is 4. The van der Waals surface area contributed by atoms with E-state index in [1.54, 1.807) is 25.6 Å². The lowest BCUT2D eigenvalue weighted by Crippen LogP contribution is -2.46. The fraction of sp³-hybridized carbons (Fsp3) is 0.533. The number of hydrogen-bond donors (Lipinski definition) is 1. The lowest BCUT2D eigenvalue weighted by molar-refractivity contribution is -0.133. The van der Waals surface area contributed by atoms with E-state index in [1.807, 2.05) is 4.90 Å². The van der Waals surface area contributed by atoms with Gasteiger partial charge in [-0.3, -0.25) is 14.6 Å². The Hall–Kier alpha value is -1.47. The van der Waals surface area contributed by atoms with E-state index < -0.39 is 0 Å². The first-order valence-corrected chi connectivity index (χ1v) is 8.07. The number of carbonyl (C=O) groups excluding carboxylic acids is 2. The summed E-state index contributed by atoms with van der Waals surface area (Å²) >= 11 is 3.30. The maximum Gasteiger partial charge on any atom is 0.253 e. The quantitative estimate of drug-likeness (QED) is 0.855. The monoisotopic (exact) mass is 369 g/mol. The molecule has 2 rings (SSSR count). The number of halogens is 1. The van der Waals surface area contributed by atoms with Crippen LogP contribution in [0, 0.1) is 0 Å². The van der Waals surface area contributed by atoms with E-state index in [4.69, 9.17) is 4.74 Å². The van der Waals surface area contributed by atoms with Crippen LogP contribution in [0.15, 0.2) is 22.9 Å². The van der Waals surface area contributed by atoms with Crippen molar-refractivity contribution in [3.63, 3.8) is 0 Å². The van der Waals surface area contributed by atoms with Crippen molar-refractivity contribution in [1.82, 2.24) is 15.2 Å². The van der Waals surface area contributed by atoms with Crippen LogP contribution in [0.25, 0.3) is 0 Å². The van der Waals surface area contributed by atoms with Crippen molar-refractivity contribution in [1.29, 1.82) is 0 Å². The second-order valence-corrected chi connectivity index (χ2v) is 6.18. The van der Waals surface area contributed by atoms with E-state index >= 15 is 0 Å². The average Bonchev–Trinajstić information content (AvgIpc) is 2.53. The lowest BCUT2D eigenvalue weighted by Gasteiger charge is -2.32. The molecule has 2 heterocycles. The van der Waals surface area contributed by atoms with Crippen LogP contribution in [0.2, 0.25) is 0 Å². The van der Waals surface area contributed by atoms with Crippen LogP contribution < -0.4 is 5.32 Å². The van der Waals surface area contributed by atoms with Gasteiger partial charge < -0.3 is 15.0 Å². The van der Waals surface area contributed by atoms with Gasteiger partial charge >= 0.3 is 0 Å². The Balaban J connectivity index is 1.80. The van der Waals surface area contributed by atoms with Crippen molar-refractivity contribution in [2.75, 3.05) is 26.8 Å². The lowest BCUT2D eigenvalue weighted by atomic mass is 10.0. The van der Waals surface area contributed by atoms with Gasteiger partial charge in [0.25, 0.3) is 5.91 Å². The number of nitrogens with one attached hydrogen (secondary N) is 1. The molecule has 0 saturated carbocycles. The zero-order valence-electron chi connectivity index (χ0n) is 12.5. The summed E-state index contributed by atoms with van der Waals surface area (Å²) in [5, 5.41) is 3.00. The third-order valence-corrected chi connectivity index (χ3v) is 4.10. The molecule has 22 heavy (non-hydrogen) atoms. The second-order valence-electron chi connectivity index (χ2n) is 5.26. The highest BCUT2D eigenvalue weighted by Crippen LogP contribution is 2.14. The second kappa shape index (κ2) is 8.24. The van der Waals surface area contributed by atoms with E-state index in [9.17, 15) is 9.59 Å². The number of methoxy groups -OCH3 is 1. The summed E-state index contributed by atoms with van der Waals surface area (Å²) in [6, 6.07) is 1.84. The van der Waals surface area contributed by atoms with E-state index in [0.29, 0.717) is 31.7 Å². The predicted octanol–water partition coefficient (Wildman–Crippen LogP) is 1.60. The molecule has 0 aliphatic carbocycles. The van der Waals surface area contributed by atoms with Gasteiger partial charge in [-0.05, 0) is 34.8 Å². The molecular formula is C15H20BrN3O3. The molecule has 1 saturated heterocycles. The number of amides is 2. The van der Waals surface area contributed by atoms with Gasteiger partial charge in [-0.2, -0.15) is 0 Å². The molecule has 0 atom stereocenters. The number of nitrogens with zero attached hydrogens (tertiary/aromatic N) is 2. The number of pyridine rings is 1. The minimum atomic E-state index is -0.127. The predicted molar refractivity (Wildman–Crippen MR) is 85.5 cm³/mol. The summed E-state index contributed by atoms with van der Waals surface area (Å²) in [6.07, 6.45) is 5.14. The number of rotatable bonds is 5. The summed E-state index contributed by atoms with van der Waals surface area (Å²) in [7, 11) is 1.59. The first kappa shape index (κ1) is 16.9. The topological polar surface area (TPSA) is 71.5 Å². The molecule has 6 nitrogen and oxygen atoms in total. The van der Waals surface area contributed by atoms with E-state index in [0.717, 1.165) is 17.3 Å². The Morgan fingerprint density at radius 1 is 1.41 bits per heavy atom. The molecule has 0 unspecified atom stereocenters. The fourth-order valence-corrected chi connectivity index (χ4v) is 2.79. The van der Waals surface area contributed by atoms with Gasteiger partial charge in [0.15, 0.2) is 0 Å². The summed E-state index contributed by atoms with van der Waals surface area (Å²) in [4.78, 5) is 29.9. The third kappa shape index (κ3) is 4.78. The molecule has 1 aromatic rings. The van der Waals surface area contributed by atoms with Crippen molar-refractivity contribution in [2.24, 2.45) is 0 Å². The average molecular weight is 370 g/mol. The number of ether oxygens (including phenoxy) is 1. The van der Waals surface area contributed by atoms with Gasteiger partial charge in [-0.25, -0.2) is 0 Å². The Morgan fingerprint density at radius 2 is 2.14 bits per heavy atom. The Morgan fingerprint density at radius 3 is 2.77 bits per heavy atom. The number of likely N-dealkylation sites (tertiary alicyclic amines) is 1. The van der Waals surface area contributed by atoms with Crippen LogP contribution in [-0.4, -0.2) is 54.5 Å². The maximum absolute atomic E-state index is 12.2. The van der Waals surface area contributed by atoms with Crippen molar-refractivity contribution >= 4 is 27.7 Å². The highest BCUT2D eigenvalue weighted by molar-refractivity contribution is 9.10. The molecule has 1 fully saturated rings. The molecular weight excluding hydrogens is 350 g/mol. The highest BCUT2D eigenvalue weighted by Gasteiger charge is 2.23. The standard InChI is InChI=1S/C15H20BrN3O3/c1-22-7-4-14(20)19-5-2-13(3-6-19)18-15(21)11-8-12(16)10-17-9-11/h8-10,13H,2-7H2,1H3,(H,18,21). The Bertz CT molecular complexity index is 531. The van der Waals surface area contributed by atoms with Crippen molar-refractivity contribution < 1.29 is 14.3 Å². The minimum Gasteiger partial charge on any atom is -0.384 e. The zero-order valence-corrected chi connectivity index (χ0v) is 14.1. The first-order chi connectivity index (χ1) is 10.6. The molecule has 2 amide bonds. The number of piperidine rings is 1. The van der Waals surface area contributed by atoms with Crippen molar-refractivity contribution in [3.05, 3.63) is 28.5 Å². The van der Waals surface area contributed by atoms with E-state index in [2.05, 4.69) is 26.2 Å². The van der Waals surface area contributed by atoms with Gasteiger partial charge in [0.1, 0.15) is 0 Å². The summed E-state index contributed by atoms with van der Waals surface area (Å²) in [5.74, 6) is -0.0132. The fourth-order valence-electron chi connectivity index (χ4n) is 2.43. The summed E-state index contributed by atoms with van der Waals surface area (Å²) in [5.41, 5.74) is 0.535. The Labute approximate surface area is 138 Å². The molecule has 7 heteroatoms. The van der Waals surface area contributed by atoms with Crippen molar-refractivity contribution in [2.45, 2.75) is 25.3 Å².